The Kier molecular flexibility index (Phi) is 4.59. The maximum atomic E-state index is 11.3. The zero-order chi connectivity index (χ0) is 11.3. The van der Waals surface area contributed by atoms with E-state index in [-0.39, 0.29) is 12.5 Å². The van der Waals surface area contributed by atoms with Crippen LogP contribution in [0.4, 0.5) is 5.69 Å². The number of nitrogens with one attached hydrogen (secondary N) is 1. The molecule has 0 aliphatic carbocycles. The minimum absolute atomic E-state index is 0.0298. The van der Waals surface area contributed by atoms with Crippen LogP contribution < -0.4 is 5.32 Å². The summed E-state index contributed by atoms with van der Waals surface area (Å²) >= 11 is 5.91. The van der Waals surface area contributed by atoms with Crippen LogP contribution in [0.3, 0.4) is 0 Å². The van der Waals surface area contributed by atoms with Gasteiger partial charge in [-0.3, -0.25) is 4.79 Å². The number of carbonyl (C=O) groups excluding carboxylic acids is 1. The summed E-state index contributed by atoms with van der Waals surface area (Å²) in [6, 6.07) is 5.37. The van der Waals surface area contributed by atoms with E-state index < -0.39 is 0 Å². The zero-order valence-corrected chi connectivity index (χ0v) is 9.34. The summed E-state index contributed by atoms with van der Waals surface area (Å²) in [5.74, 6) is -0.107. The molecule has 0 radical (unpaired) electrons. The number of anilines is 1. The first-order valence-electron chi connectivity index (χ1n) is 4.80. The third-order valence-corrected chi connectivity index (χ3v) is 2.42. The number of hydrogen-bond donors (Lipinski definition) is 2. The fraction of sp³-hybridized carbons (Fsp3) is 0.364. The number of rotatable bonds is 4. The molecule has 1 rings (SSSR count). The molecule has 0 saturated heterocycles. The second-order valence-electron chi connectivity index (χ2n) is 3.34. The van der Waals surface area contributed by atoms with Gasteiger partial charge in [0, 0.05) is 23.7 Å². The largest absolute Gasteiger partial charge is 0.396 e. The molecule has 0 aromatic heterocycles. The van der Waals surface area contributed by atoms with Crippen molar-refractivity contribution in [2.45, 2.75) is 19.8 Å². The molecule has 3 nitrogen and oxygen atoms in total. The van der Waals surface area contributed by atoms with Gasteiger partial charge in [0.25, 0.3) is 0 Å². The quantitative estimate of drug-likeness (QED) is 0.830. The summed E-state index contributed by atoms with van der Waals surface area (Å²) in [4.78, 5) is 11.3. The van der Waals surface area contributed by atoms with Crippen LogP contribution >= 0.6 is 11.6 Å². The average Bonchev–Trinajstić information content (AvgIpc) is 2.20. The average molecular weight is 228 g/mol. The van der Waals surface area contributed by atoms with E-state index in [9.17, 15) is 4.79 Å². The lowest BCUT2D eigenvalue weighted by Crippen LogP contribution is -2.11. The zero-order valence-electron chi connectivity index (χ0n) is 8.59. The van der Waals surface area contributed by atoms with Crippen molar-refractivity contribution in [3.05, 3.63) is 28.8 Å². The molecule has 0 atom stereocenters. The van der Waals surface area contributed by atoms with Crippen molar-refractivity contribution >= 4 is 23.2 Å². The van der Waals surface area contributed by atoms with E-state index >= 15 is 0 Å². The number of benzene rings is 1. The number of amides is 1. The predicted octanol–water partition coefficient (Wildman–Crippen LogP) is 2.36. The lowest BCUT2D eigenvalue weighted by Gasteiger charge is -2.06. The van der Waals surface area contributed by atoms with Gasteiger partial charge in [0.15, 0.2) is 0 Å². The summed E-state index contributed by atoms with van der Waals surface area (Å²) in [6.07, 6.45) is 0.799. The summed E-state index contributed by atoms with van der Waals surface area (Å²) < 4.78 is 0. The summed E-state index contributed by atoms with van der Waals surface area (Å²) in [5.41, 5.74) is 1.67. The van der Waals surface area contributed by atoms with Crippen LogP contribution in [0.2, 0.25) is 5.02 Å². The number of carbonyl (C=O) groups is 1. The van der Waals surface area contributed by atoms with Crippen molar-refractivity contribution in [2.24, 2.45) is 0 Å². The van der Waals surface area contributed by atoms with Gasteiger partial charge in [-0.25, -0.2) is 0 Å². The van der Waals surface area contributed by atoms with E-state index in [2.05, 4.69) is 5.32 Å². The number of hydrogen-bond acceptors (Lipinski definition) is 2. The SMILES string of the molecule is Cc1ccc(NC(=O)CCCO)cc1Cl. The maximum Gasteiger partial charge on any atom is 0.224 e. The van der Waals surface area contributed by atoms with E-state index in [1.165, 1.54) is 0 Å². The molecule has 1 amide bonds. The molecule has 0 spiro atoms. The molecule has 0 heterocycles. The van der Waals surface area contributed by atoms with Gasteiger partial charge in [-0.2, -0.15) is 0 Å². The second kappa shape index (κ2) is 5.73. The fourth-order valence-electron chi connectivity index (χ4n) is 1.13. The van der Waals surface area contributed by atoms with E-state index in [0.717, 1.165) is 5.56 Å². The molecule has 0 aliphatic heterocycles. The molecule has 1 aromatic carbocycles. The van der Waals surface area contributed by atoms with Gasteiger partial charge in [0.05, 0.1) is 0 Å². The van der Waals surface area contributed by atoms with Crippen molar-refractivity contribution in [3.8, 4) is 0 Å². The first kappa shape index (κ1) is 12.0. The van der Waals surface area contributed by atoms with Crippen LogP contribution in [0.1, 0.15) is 18.4 Å². The van der Waals surface area contributed by atoms with Crippen LogP contribution in [0.25, 0.3) is 0 Å². The Morgan fingerprint density at radius 3 is 2.87 bits per heavy atom. The van der Waals surface area contributed by atoms with Crippen molar-refractivity contribution in [1.29, 1.82) is 0 Å². The van der Waals surface area contributed by atoms with Crippen LogP contribution in [-0.2, 0) is 4.79 Å². The lowest BCUT2D eigenvalue weighted by atomic mass is 10.2. The van der Waals surface area contributed by atoms with Crippen LogP contribution in [-0.4, -0.2) is 17.6 Å². The van der Waals surface area contributed by atoms with Crippen LogP contribution in [0.5, 0.6) is 0 Å². The Labute approximate surface area is 94.1 Å². The van der Waals surface area contributed by atoms with Gasteiger partial charge in [-0.05, 0) is 31.0 Å². The monoisotopic (exact) mass is 227 g/mol. The highest BCUT2D eigenvalue weighted by atomic mass is 35.5. The van der Waals surface area contributed by atoms with E-state index in [1.54, 1.807) is 12.1 Å². The Hall–Kier alpha value is -1.06. The smallest absolute Gasteiger partial charge is 0.224 e. The van der Waals surface area contributed by atoms with Crippen molar-refractivity contribution in [3.63, 3.8) is 0 Å². The molecule has 0 saturated carbocycles. The molecule has 0 fully saturated rings. The Bertz CT molecular complexity index is 352. The van der Waals surface area contributed by atoms with Gasteiger partial charge in [0.2, 0.25) is 5.91 Å². The topological polar surface area (TPSA) is 49.3 Å². The van der Waals surface area contributed by atoms with Gasteiger partial charge in [-0.15, -0.1) is 0 Å². The Morgan fingerprint density at radius 1 is 1.53 bits per heavy atom. The minimum Gasteiger partial charge on any atom is -0.396 e. The second-order valence-corrected chi connectivity index (χ2v) is 3.75. The highest BCUT2D eigenvalue weighted by molar-refractivity contribution is 6.31. The highest BCUT2D eigenvalue weighted by Crippen LogP contribution is 2.19. The summed E-state index contributed by atoms with van der Waals surface area (Å²) in [7, 11) is 0. The normalized spacial score (nSPS) is 10.1. The molecule has 4 heteroatoms. The minimum atomic E-state index is -0.107. The van der Waals surface area contributed by atoms with Gasteiger partial charge in [-0.1, -0.05) is 17.7 Å². The molecular formula is C11H14ClNO2. The van der Waals surface area contributed by atoms with Crippen LogP contribution in [0.15, 0.2) is 18.2 Å². The van der Waals surface area contributed by atoms with E-state index in [0.29, 0.717) is 23.6 Å². The third-order valence-electron chi connectivity index (χ3n) is 2.02. The third kappa shape index (κ3) is 3.90. The molecule has 82 valence electrons. The maximum absolute atomic E-state index is 11.3. The van der Waals surface area contributed by atoms with Crippen molar-refractivity contribution < 1.29 is 9.90 Å². The van der Waals surface area contributed by atoms with E-state index in [4.69, 9.17) is 16.7 Å². The standard InChI is InChI=1S/C11H14ClNO2/c1-8-4-5-9(7-10(8)12)13-11(15)3-2-6-14/h4-5,7,14H,2-3,6H2,1H3,(H,13,15). The van der Waals surface area contributed by atoms with Crippen molar-refractivity contribution in [2.75, 3.05) is 11.9 Å². The molecule has 0 aliphatic rings. The molecule has 1 aromatic rings. The molecule has 0 bridgehead atoms. The molecule has 2 N–H and O–H groups in total. The molecule has 0 unspecified atom stereocenters. The predicted molar refractivity (Wildman–Crippen MR) is 61.1 cm³/mol. The Morgan fingerprint density at radius 2 is 2.27 bits per heavy atom. The number of aryl methyl sites for hydroxylation is 1. The first-order chi connectivity index (χ1) is 7.13. The van der Waals surface area contributed by atoms with Gasteiger partial charge in [0.1, 0.15) is 0 Å². The van der Waals surface area contributed by atoms with Gasteiger partial charge >= 0.3 is 0 Å². The number of aliphatic hydroxyl groups excluding tert-OH is 1. The Balaban J connectivity index is 2.57. The van der Waals surface area contributed by atoms with E-state index in [1.807, 2.05) is 13.0 Å². The summed E-state index contributed by atoms with van der Waals surface area (Å²) in [6.45, 7) is 1.93. The first-order valence-corrected chi connectivity index (χ1v) is 5.18. The lowest BCUT2D eigenvalue weighted by molar-refractivity contribution is -0.116. The van der Waals surface area contributed by atoms with Crippen molar-refractivity contribution in [1.82, 2.24) is 0 Å². The number of halogens is 1. The fourth-order valence-corrected chi connectivity index (χ4v) is 1.31. The molecule has 15 heavy (non-hydrogen) atoms. The van der Waals surface area contributed by atoms with Crippen LogP contribution in [0, 0.1) is 6.92 Å². The molecular weight excluding hydrogens is 214 g/mol. The van der Waals surface area contributed by atoms with Gasteiger partial charge < -0.3 is 10.4 Å². The highest BCUT2D eigenvalue weighted by Gasteiger charge is 2.03. The number of aliphatic hydroxyl groups is 1. The summed E-state index contributed by atoms with van der Waals surface area (Å²) in [5, 5.41) is 11.9.